The summed E-state index contributed by atoms with van der Waals surface area (Å²) in [5, 5.41) is 0. The standard InChI is InChI=1S/C15H22N2/c1-11-2-3-12(6-11)8-17-9-13-4-5-15(16)7-14(13)10-17/h4-5,7,11-12H,2-3,6,8-10,16H2,1H3. The number of benzene rings is 1. The van der Waals surface area contributed by atoms with E-state index in [2.05, 4.69) is 24.0 Å². The lowest BCUT2D eigenvalue weighted by Gasteiger charge is -2.19. The fraction of sp³-hybridized carbons (Fsp3) is 0.600. The number of hydrogen-bond acceptors (Lipinski definition) is 2. The Bertz CT molecular complexity index is 413. The summed E-state index contributed by atoms with van der Waals surface area (Å²) in [6, 6.07) is 6.37. The van der Waals surface area contributed by atoms with Crippen molar-refractivity contribution in [1.29, 1.82) is 0 Å². The summed E-state index contributed by atoms with van der Waals surface area (Å²) in [5.41, 5.74) is 9.66. The highest BCUT2D eigenvalue weighted by molar-refractivity contribution is 5.46. The van der Waals surface area contributed by atoms with Crippen LogP contribution in [0.2, 0.25) is 0 Å². The molecule has 1 fully saturated rings. The molecule has 2 aliphatic rings. The van der Waals surface area contributed by atoms with Gasteiger partial charge in [-0.15, -0.1) is 0 Å². The van der Waals surface area contributed by atoms with Crippen LogP contribution in [0.5, 0.6) is 0 Å². The van der Waals surface area contributed by atoms with E-state index in [0.29, 0.717) is 0 Å². The zero-order valence-electron chi connectivity index (χ0n) is 10.7. The van der Waals surface area contributed by atoms with E-state index in [1.54, 1.807) is 0 Å². The first-order valence-corrected chi connectivity index (χ1v) is 6.80. The van der Waals surface area contributed by atoms with Crippen LogP contribution < -0.4 is 5.73 Å². The normalized spacial score (nSPS) is 28.5. The number of nitrogens with two attached hydrogens (primary N) is 1. The van der Waals surface area contributed by atoms with Crippen LogP contribution in [0, 0.1) is 11.8 Å². The molecule has 1 aromatic carbocycles. The predicted octanol–water partition coefficient (Wildman–Crippen LogP) is 3.02. The lowest BCUT2D eigenvalue weighted by atomic mass is 10.1. The molecule has 0 amide bonds. The smallest absolute Gasteiger partial charge is 0.0317 e. The molecule has 0 saturated heterocycles. The van der Waals surface area contributed by atoms with Crippen LogP contribution in [-0.4, -0.2) is 11.4 Å². The van der Waals surface area contributed by atoms with Gasteiger partial charge in [-0.3, -0.25) is 4.90 Å². The van der Waals surface area contributed by atoms with Crippen LogP contribution in [0.1, 0.15) is 37.3 Å². The lowest BCUT2D eigenvalue weighted by Crippen LogP contribution is -2.23. The average Bonchev–Trinajstić information content (AvgIpc) is 2.84. The topological polar surface area (TPSA) is 29.3 Å². The van der Waals surface area contributed by atoms with Crippen molar-refractivity contribution in [3.63, 3.8) is 0 Å². The minimum Gasteiger partial charge on any atom is -0.399 e. The first kappa shape index (κ1) is 11.1. The van der Waals surface area contributed by atoms with Gasteiger partial charge in [0.2, 0.25) is 0 Å². The van der Waals surface area contributed by atoms with E-state index in [-0.39, 0.29) is 0 Å². The molecule has 0 spiro atoms. The Morgan fingerprint density at radius 1 is 1.24 bits per heavy atom. The van der Waals surface area contributed by atoms with E-state index in [9.17, 15) is 0 Å². The number of rotatable bonds is 2. The molecule has 2 heteroatoms. The summed E-state index contributed by atoms with van der Waals surface area (Å²) >= 11 is 0. The zero-order chi connectivity index (χ0) is 11.8. The average molecular weight is 230 g/mol. The highest BCUT2D eigenvalue weighted by Crippen LogP contribution is 2.33. The second-order valence-electron chi connectivity index (χ2n) is 5.98. The van der Waals surface area contributed by atoms with E-state index in [1.807, 2.05) is 6.07 Å². The van der Waals surface area contributed by atoms with Gasteiger partial charge in [0, 0.05) is 25.3 Å². The SMILES string of the molecule is CC1CCC(CN2Cc3ccc(N)cc3C2)C1. The Kier molecular flexibility index (Phi) is 2.83. The summed E-state index contributed by atoms with van der Waals surface area (Å²) in [5.74, 6) is 1.87. The summed E-state index contributed by atoms with van der Waals surface area (Å²) in [4.78, 5) is 2.59. The van der Waals surface area contributed by atoms with Gasteiger partial charge < -0.3 is 5.73 Å². The number of nitrogen functional groups attached to an aromatic ring is 1. The van der Waals surface area contributed by atoms with Gasteiger partial charge in [0.25, 0.3) is 0 Å². The molecule has 3 rings (SSSR count). The second-order valence-corrected chi connectivity index (χ2v) is 5.98. The summed E-state index contributed by atoms with van der Waals surface area (Å²) in [6.07, 6.45) is 4.28. The van der Waals surface area contributed by atoms with Crippen molar-refractivity contribution in [2.45, 2.75) is 39.3 Å². The van der Waals surface area contributed by atoms with Crippen LogP contribution in [0.4, 0.5) is 5.69 Å². The maximum atomic E-state index is 5.84. The minimum absolute atomic E-state index is 0.903. The van der Waals surface area contributed by atoms with E-state index in [0.717, 1.165) is 30.6 Å². The Morgan fingerprint density at radius 3 is 2.82 bits per heavy atom. The number of fused-ring (bicyclic) bond motifs is 1. The van der Waals surface area contributed by atoms with Gasteiger partial charge >= 0.3 is 0 Å². The van der Waals surface area contributed by atoms with Crippen LogP contribution in [0.3, 0.4) is 0 Å². The molecule has 2 atom stereocenters. The van der Waals surface area contributed by atoms with E-state index < -0.39 is 0 Å². The Balaban J connectivity index is 1.62. The molecule has 0 radical (unpaired) electrons. The summed E-state index contributed by atoms with van der Waals surface area (Å²) in [6.45, 7) is 5.89. The third-order valence-electron chi connectivity index (χ3n) is 4.34. The van der Waals surface area contributed by atoms with Crippen molar-refractivity contribution in [3.8, 4) is 0 Å². The van der Waals surface area contributed by atoms with Gasteiger partial charge in [0.1, 0.15) is 0 Å². The van der Waals surface area contributed by atoms with Crippen molar-refractivity contribution in [2.75, 3.05) is 12.3 Å². The largest absolute Gasteiger partial charge is 0.399 e. The predicted molar refractivity (Wildman–Crippen MR) is 71.5 cm³/mol. The van der Waals surface area contributed by atoms with Gasteiger partial charge in [0.15, 0.2) is 0 Å². The van der Waals surface area contributed by atoms with E-state index in [1.165, 1.54) is 36.9 Å². The van der Waals surface area contributed by atoms with Crippen molar-refractivity contribution in [3.05, 3.63) is 29.3 Å². The molecular weight excluding hydrogens is 208 g/mol. The molecule has 2 unspecified atom stereocenters. The summed E-state index contributed by atoms with van der Waals surface area (Å²) in [7, 11) is 0. The van der Waals surface area contributed by atoms with Crippen LogP contribution in [0.25, 0.3) is 0 Å². The molecule has 0 aromatic heterocycles. The third kappa shape index (κ3) is 2.32. The van der Waals surface area contributed by atoms with Gasteiger partial charge in [0.05, 0.1) is 0 Å². The van der Waals surface area contributed by atoms with E-state index in [4.69, 9.17) is 5.73 Å². The first-order valence-electron chi connectivity index (χ1n) is 6.80. The second kappa shape index (κ2) is 4.34. The molecule has 1 saturated carbocycles. The number of anilines is 1. The Hall–Kier alpha value is -1.02. The van der Waals surface area contributed by atoms with Gasteiger partial charge in [-0.2, -0.15) is 0 Å². The van der Waals surface area contributed by atoms with Crippen LogP contribution in [0.15, 0.2) is 18.2 Å². The molecule has 1 aliphatic carbocycles. The number of nitrogens with zero attached hydrogens (tertiary/aromatic N) is 1. The molecule has 1 heterocycles. The fourth-order valence-corrected chi connectivity index (χ4v) is 3.47. The molecule has 2 N–H and O–H groups in total. The Morgan fingerprint density at radius 2 is 2.06 bits per heavy atom. The zero-order valence-corrected chi connectivity index (χ0v) is 10.7. The van der Waals surface area contributed by atoms with Crippen molar-refractivity contribution in [1.82, 2.24) is 4.90 Å². The maximum absolute atomic E-state index is 5.84. The molecule has 92 valence electrons. The van der Waals surface area contributed by atoms with Crippen LogP contribution in [-0.2, 0) is 13.1 Å². The Labute approximate surface area is 104 Å². The van der Waals surface area contributed by atoms with Crippen LogP contribution >= 0.6 is 0 Å². The first-order chi connectivity index (χ1) is 8.20. The minimum atomic E-state index is 0.903. The van der Waals surface area contributed by atoms with Crippen molar-refractivity contribution >= 4 is 5.69 Å². The summed E-state index contributed by atoms with van der Waals surface area (Å²) < 4.78 is 0. The molecule has 1 aromatic rings. The molecule has 17 heavy (non-hydrogen) atoms. The number of hydrogen-bond donors (Lipinski definition) is 1. The quantitative estimate of drug-likeness (QED) is 0.791. The molecular formula is C15H22N2. The third-order valence-corrected chi connectivity index (χ3v) is 4.34. The molecule has 0 bridgehead atoms. The van der Waals surface area contributed by atoms with Gasteiger partial charge in [-0.05, 0) is 47.9 Å². The monoisotopic (exact) mass is 230 g/mol. The lowest BCUT2D eigenvalue weighted by molar-refractivity contribution is 0.235. The van der Waals surface area contributed by atoms with E-state index >= 15 is 0 Å². The highest BCUT2D eigenvalue weighted by atomic mass is 15.1. The van der Waals surface area contributed by atoms with Gasteiger partial charge in [-0.1, -0.05) is 19.4 Å². The highest BCUT2D eigenvalue weighted by Gasteiger charge is 2.26. The molecule has 1 aliphatic heterocycles. The fourth-order valence-electron chi connectivity index (χ4n) is 3.47. The van der Waals surface area contributed by atoms with Gasteiger partial charge in [-0.25, -0.2) is 0 Å². The van der Waals surface area contributed by atoms with Crippen molar-refractivity contribution < 1.29 is 0 Å². The molecule has 2 nitrogen and oxygen atoms in total. The van der Waals surface area contributed by atoms with Crippen molar-refractivity contribution in [2.24, 2.45) is 11.8 Å². The maximum Gasteiger partial charge on any atom is 0.0317 e.